The molecule has 0 atom stereocenters. The number of furan rings is 1. The van der Waals surface area contributed by atoms with E-state index in [1.807, 2.05) is 22.7 Å². The Balaban J connectivity index is 1.03. The summed E-state index contributed by atoms with van der Waals surface area (Å²) in [6.07, 6.45) is 1.45. The van der Waals surface area contributed by atoms with Crippen LogP contribution in [-0.4, -0.2) is 16.1 Å². The monoisotopic (exact) mass is 901 g/mol. The number of rotatable bonds is 2. The summed E-state index contributed by atoms with van der Waals surface area (Å²) >= 11 is 3.68. The van der Waals surface area contributed by atoms with Gasteiger partial charge in [-0.2, -0.15) is 0 Å². The highest BCUT2D eigenvalue weighted by Crippen LogP contribution is 2.50. The lowest BCUT2D eigenvalue weighted by Gasteiger charge is -2.19. The van der Waals surface area contributed by atoms with E-state index >= 15 is 0 Å². The molecule has 0 bridgehead atoms. The van der Waals surface area contributed by atoms with Crippen molar-refractivity contribution >= 4 is 151 Å². The lowest BCUT2D eigenvalue weighted by molar-refractivity contribution is 0.667. The second-order valence-corrected chi connectivity index (χ2v) is 20.5. The van der Waals surface area contributed by atoms with Gasteiger partial charge in [0, 0.05) is 73.0 Å². The molecular formula is C62H35N3OS2. The molecule has 6 heteroatoms. The topological polar surface area (TPSA) is 42.8 Å². The van der Waals surface area contributed by atoms with Gasteiger partial charge in [-0.05, 0) is 100 Å². The Labute approximate surface area is 396 Å². The second kappa shape index (κ2) is 13.7. The fraction of sp³-hybridized carbons (Fsp3) is 0.0323. The predicted molar refractivity (Wildman–Crippen MR) is 291 cm³/mol. The van der Waals surface area contributed by atoms with Crippen LogP contribution in [0, 0.1) is 0 Å². The Bertz CT molecular complexity index is 4680. The van der Waals surface area contributed by atoms with E-state index in [0.717, 1.165) is 74.1 Å². The molecule has 0 radical (unpaired) electrons. The summed E-state index contributed by atoms with van der Waals surface area (Å²) < 4.78 is 14.8. The average molecular weight is 902 g/mol. The maximum atomic E-state index is 7.23. The van der Waals surface area contributed by atoms with Gasteiger partial charge >= 0.3 is 0 Å². The van der Waals surface area contributed by atoms with Crippen molar-refractivity contribution in [3.63, 3.8) is 0 Å². The molecule has 0 saturated carbocycles. The molecule has 16 rings (SSSR count). The summed E-state index contributed by atoms with van der Waals surface area (Å²) in [4.78, 5) is 11.7. The Morgan fingerprint density at radius 3 is 1.90 bits per heavy atom. The summed E-state index contributed by atoms with van der Waals surface area (Å²) in [7, 11) is 0. The normalized spacial score (nSPS) is 15.7. The van der Waals surface area contributed by atoms with Crippen LogP contribution in [0.1, 0.15) is 35.1 Å². The molecule has 4 aromatic heterocycles. The van der Waals surface area contributed by atoms with Crippen molar-refractivity contribution in [2.75, 3.05) is 0 Å². The lowest BCUT2D eigenvalue weighted by atomic mass is 9.91. The fourth-order valence-corrected chi connectivity index (χ4v) is 13.9. The molecule has 2 aliphatic rings. The molecule has 14 aromatic rings. The first-order chi connectivity index (χ1) is 33.7. The van der Waals surface area contributed by atoms with Gasteiger partial charge in [-0.15, -0.1) is 22.7 Å². The summed E-state index contributed by atoms with van der Waals surface area (Å²) in [5.74, 6) is 0.696. The Morgan fingerprint density at radius 1 is 0.456 bits per heavy atom. The number of aromatic nitrogens is 1. The fourth-order valence-electron chi connectivity index (χ4n) is 11.6. The minimum atomic E-state index is 0.696. The van der Waals surface area contributed by atoms with E-state index in [1.165, 1.54) is 89.3 Å². The molecule has 0 unspecified atom stereocenters. The second-order valence-electron chi connectivity index (χ2n) is 18.3. The number of nitrogens with zero attached hydrogens (tertiary/aromatic N) is 3. The Morgan fingerprint density at radius 2 is 1.10 bits per heavy atom. The van der Waals surface area contributed by atoms with Gasteiger partial charge in [0.1, 0.15) is 11.2 Å². The predicted octanol–water partition coefficient (Wildman–Crippen LogP) is 17.6. The molecule has 4 nitrogen and oxygen atoms in total. The van der Waals surface area contributed by atoms with Crippen molar-refractivity contribution in [3.05, 3.63) is 210 Å². The zero-order valence-electron chi connectivity index (χ0n) is 36.4. The van der Waals surface area contributed by atoms with Crippen LogP contribution in [0.15, 0.2) is 202 Å². The van der Waals surface area contributed by atoms with E-state index in [1.54, 1.807) is 0 Å². The molecule has 6 heterocycles. The molecular weight excluding hydrogens is 867 g/mol. The third-order valence-corrected chi connectivity index (χ3v) is 16.9. The Hall–Kier alpha value is -8.16. The largest absolute Gasteiger partial charge is 0.455 e. The number of amidine groups is 1. The van der Waals surface area contributed by atoms with Crippen LogP contribution in [0.25, 0.3) is 123 Å². The molecule has 0 aliphatic carbocycles. The standard InChI is InChI=1S/C62H35N3OS2/c1-2-12-36-31-51-48(30-35(36)11-1)46-17-9-16-45-44-25-27-49(37-20-23-42-40-14-5-7-18-53(40)67-55(42)32-37)63-62(38-21-24-43-41-15-6-8-19-54(41)68-56(43)33-38)64-59(44)58-50(65(51)60(45)46)28-26-47-57-39-13-4-3-10-34(39)22-29-52(57)66-61(47)58/h1-24,26,28-33H,25,27H2/b63-49+,64-62-. The van der Waals surface area contributed by atoms with Gasteiger partial charge in [-0.25, -0.2) is 9.98 Å². The minimum Gasteiger partial charge on any atom is -0.455 e. The number of hydrogen-bond donors (Lipinski definition) is 0. The highest BCUT2D eigenvalue weighted by molar-refractivity contribution is 7.26. The number of fused-ring (bicyclic) bond motifs is 20. The lowest BCUT2D eigenvalue weighted by Crippen LogP contribution is -2.11. The van der Waals surface area contributed by atoms with Crippen molar-refractivity contribution in [2.45, 2.75) is 12.8 Å². The number of hydrogen-bond acceptors (Lipinski definition) is 5. The van der Waals surface area contributed by atoms with E-state index in [0.29, 0.717) is 5.84 Å². The van der Waals surface area contributed by atoms with E-state index in [9.17, 15) is 0 Å². The molecule has 10 aromatic carbocycles. The van der Waals surface area contributed by atoms with E-state index < -0.39 is 0 Å². The van der Waals surface area contributed by atoms with Crippen molar-refractivity contribution in [3.8, 4) is 5.69 Å². The van der Waals surface area contributed by atoms with Gasteiger partial charge < -0.3 is 8.98 Å². The highest BCUT2D eigenvalue weighted by atomic mass is 32.1. The third-order valence-electron chi connectivity index (χ3n) is 14.7. The summed E-state index contributed by atoms with van der Waals surface area (Å²) in [6.45, 7) is 0. The molecule has 0 N–H and O–H groups in total. The maximum Gasteiger partial charge on any atom is 0.160 e. The first-order valence-electron chi connectivity index (χ1n) is 23.3. The number of thiophene rings is 2. The van der Waals surface area contributed by atoms with E-state index in [2.05, 4.69) is 193 Å². The highest BCUT2D eigenvalue weighted by Gasteiger charge is 2.32. The van der Waals surface area contributed by atoms with Gasteiger partial charge in [0.25, 0.3) is 0 Å². The molecule has 68 heavy (non-hydrogen) atoms. The van der Waals surface area contributed by atoms with Gasteiger partial charge in [0.05, 0.1) is 33.7 Å². The van der Waals surface area contributed by atoms with Crippen LogP contribution in [0.4, 0.5) is 0 Å². The number of allylic oxidation sites excluding steroid dienone is 1. The maximum absolute atomic E-state index is 7.23. The van der Waals surface area contributed by atoms with Crippen LogP contribution >= 0.6 is 22.7 Å². The zero-order chi connectivity index (χ0) is 44.2. The summed E-state index contributed by atoms with van der Waals surface area (Å²) in [6, 6.07) is 69.1. The van der Waals surface area contributed by atoms with Crippen molar-refractivity contribution in [1.82, 2.24) is 4.57 Å². The molecule has 0 saturated heterocycles. The van der Waals surface area contributed by atoms with Crippen LogP contribution < -0.4 is 0 Å². The first kappa shape index (κ1) is 37.0. The van der Waals surface area contributed by atoms with Crippen LogP contribution in [0.2, 0.25) is 0 Å². The zero-order valence-corrected chi connectivity index (χ0v) is 38.0. The van der Waals surface area contributed by atoms with Gasteiger partial charge in [0.15, 0.2) is 5.84 Å². The van der Waals surface area contributed by atoms with Gasteiger partial charge in [0.2, 0.25) is 0 Å². The first-order valence-corrected chi connectivity index (χ1v) is 24.9. The number of aliphatic imine (C=N–C) groups is 2. The SMILES string of the molecule is c1ccc2cc3c(cc2c1)c1cccc2c1n3-c1ccc3c(oc4ccc5ccccc5c43)c1C1=C2CC/C(c2ccc3c(c2)sc2ccccc23)=N\C(c2ccc3c(c2)sc2ccccc23)=N/1. The number of para-hydroxylation sites is 1. The van der Waals surface area contributed by atoms with Crippen molar-refractivity contribution in [2.24, 2.45) is 9.98 Å². The van der Waals surface area contributed by atoms with Crippen LogP contribution in [-0.2, 0) is 0 Å². The van der Waals surface area contributed by atoms with E-state index in [4.69, 9.17) is 14.4 Å². The molecule has 0 fully saturated rings. The van der Waals surface area contributed by atoms with E-state index in [-0.39, 0.29) is 0 Å². The molecule has 2 aliphatic heterocycles. The van der Waals surface area contributed by atoms with Gasteiger partial charge in [-0.1, -0.05) is 133 Å². The third kappa shape index (κ3) is 5.13. The van der Waals surface area contributed by atoms with Gasteiger partial charge in [-0.3, -0.25) is 0 Å². The smallest absolute Gasteiger partial charge is 0.160 e. The summed E-state index contributed by atoms with van der Waals surface area (Å²) in [5, 5.41) is 14.6. The minimum absolute atomic E-state index is 0.696. The average Bonchev–Trinajstić information content (AvgIpc) is 4.12. The molecule has 0 spiro atoms. The van der Waals surface area contributed by atoms with Crippen LogP contribution in [0.5, 0.6) is 0 Å². The van der Waals surface area contributed by atoms with Crippen LogP contribution in [0.3, 0.4) is 0 Å². The molecule has 0 amide bonds. The summed E-state index contributed by atoms with van der Waals surface area (Å²) in [5.41, 5.74) is 12.5. The van der Waals surface area contributed by atoms with Crippen molar-refractivity contribution < 1.29 is 4.42 Å². The molecule has 316 valence electrons. The van der Waals surface area contributed by atoms with Crippen molar-refractivity contribution in [1.29, 1.82) is 0 Å². The quantitative estimate of drug-likeness (QED) is 0.170. The Kier molecular flexibility index (Phi) is 7.46. The number of benzene rings is 10.